The molecule has 3 aliphatic rings. The molecule has 1 aliphatic carbocycles. The fourth-order valence-electron chi connectivity index (χ4n) is 5.08. The van der Waals surface area contributed by atoms with E-state index in [1.165, 1.54) is 11.3 Å². The molecule has 168 valence electrons. The number of thiocarbonyl (C=S) groups is 1. The fourth-order valence-corrected chi connectivity index (χ4v) is 5.74. The van der Waals surface area contributed by atoms with Crippen molar-refractivity contribution in [3.8, 4) is 5.75 Å². The summed E-state index contributed by atoms with van der Waals surface area (Å²) in [5, 5.41) is 1.42. The molecule has 3 heterocycles. The van der Waals surface area contributed by atoms with E-state index in [1.807, 2.05) is 12.1 Å². The molecule has 1 fully saturated rings. The maximum absolute atomic E-state index is 13.1. The molecule has 3 atom stereocenters. The van der Waals surface area contributed by atoms with Crippen molar-refractivity contribution in [2.45, 2.75) is 37.8 Å². The van der Waals surface area contributed by atoms with Crippen molar-refractivity contribution < 1.29 is 14.3 Å². The molecular formula is C24H26ClN3O3S. The third-order valence-electron chi connectivity index (χ3n) is 6.67. The number of nitrogens with zero attached hydrogens (tertiary/aromatic N) is 2. The SMILES string of the molecule is COCCOc1ccc(C2c3[nH]c4c(c3CC3C(=O)N(C)C(=S)N32)C=C(Cl)CC4C)cc1. The number of H-pyrrole nitrogens is 1. The van der Waals surface area contributed by atoms with Gasteiger partial charge in [0.05, 0.1) is 12.6 Å². The molecule has 0 spiro atoms. The lowest BCUT2D eigenvalue weighted by atomic mass is 9.86. The van der Waals surface area contributed by atoms with Crippen molar-refractivity contribution in [1.29, 1.82) is 0 Å². The summed E-state index contributed by atoms with van der Waals surface area (Å²) in [6, 6.07) is 7.53. The average Bonchev–Trinajstić information content (AvgIpc) is 3.25. The first-order valence-corrected chi connectivity index (χ1v) is 11.6. The highest BCUT2D eigenvalue weighted by atomic mass is 35.5. The Labute approximate surface area is 198 Å². The van der Waals surface area contributed by atoms with E-state index in [0.717, 1.165) is 34.0 Å². The maximum atomic E-state index is 13.1. The Kier molecular flexibility index (Phi) is 5.51. The maximum Gasteiger partial charge on any atom is 0.251 e. The second-order valence-electron chi connectivity index (χ2n) is 8.66. The summed E-state index contributed by atoms with van der Waals surface area (Å²) < 4.78 is 10.8. The van der Waals surface area contributed by atoms with Gasteiger partial charge in [0.25, 0.3) is 5.91 Å². The second kappa shape index (κ2) is 8.21. The van der Waals surface area contributed by atoms with Crippen LogP contribution in [0.1, 0.15) is 53.4 Å². The summed E-state index contributed by atoms with van der Waals surface area (Å²) in [7, 11) is 3.41. The summed E-state index contributed by atoms with van der Waals surface area (Å²) in [6.07, 6.45) is 3.50. The summed E-state index contributed by atoms with van der Waals surface area (Å²) in [6.45, 7) is 3.21. The Bertz CT molecular complexity index is 1110. The number of halogens is 1. The molecule has 5 rings (SSSR count). The van der Waals surface area contributed by atoms with Crippen molar-refractivity contribution in [1.82, 2.24) is 14.8 Å². The third-order valence-corrected chi connectivity index (χ3v) is 7.41. The standard InChI is InChI=1S/C24H26ClN3O3S/c1-13-10-15(25)11-17-18-12-19-23(29)27(2)24(32)28(19)22(21(18)26-20(13)17)14-4-6-16(7-5-14)31-9-8-30-3/h4-7,11,13,19,22,26H,8-10,12H2,1-3H3. The molecule has 1 aromatic heterocycles. The molecule has 1 N–H and O–H groups in total. The van der Waals surface area contributed by atoms with Gasteiger partial charge in [0.2, 0.25) is 0 Å². The highest BCUT2D eigenvalue weighted by molar-refractivity contribution is 7.80. The third kappa shape index (κ3) is 3.34. The highest BCUT2D eigenvalue weighted by Crippen LogP contribution is 2.47. The smallest absolute Gasteiger partial charge is 0.251 e. The van der Waals surface area contributed by atoms with Crippen molar-refractivity contribution >= 4 is 40.9 Å². The number of hydrogen-bond acceptors (Lipinski definition) is 4. The molecule has 0 bridgehead atoms. The first-order chi connectivity index (χ1) is 15.4. The van der Waals surface area contributed by atoms with Crippen molar-refractivity contribution in [2.24, 2.45) is 0 Å². The van der Waals surface area contributed by atoms with E-state index in [2.05, 4.69) is 35.0 Å². The fraction of sp³-hybridized carbons (Fsp3) is 0.417. The predicted octanol–water partition coefficient (Wildman–Crippen LogP) is 4.20. The van der Waals surface area contributed by atoms with Gasteiger partial charge in [-0.1, -0.05) is 30.7 Å². The van der Waals surface area contributed by atoms with Crippen LogP contribution in [0, 0.1) is 0 Å². The molecule has 8 heteroatoms. The molecule has 2 aromatic rings. The molecule has 6 nitrogen and oxygen atoms in total. The number of aromatic nitrogens is 1. The van der Waals surface area contributed by atoms with Gasteiger partial charge in [0.1, 0.15) is 18.4 Å². The minimum atomic E-state index is -0.313. The normalized spacial score (nSPS) is 24.2. The van der Waals surface area contributed by atoms with Crippen molar-refractivity contribution in [3.05, 3.63) is 57.4 Å². The highest BCUT2D eigenvalue weighted by Gasteiger charge is 2.50. The lowest BCUT2D eigenvalue weighted by Crippen LogP contribution is -2.44. The Balaban J connectivity index is 1.60. The van der Waals surface area contributed by atoms with Crippen LogP contribution in [0.15, 0.2) is 29.3 Å². The number of hydrogen-bond donors (Lipinski definition) is 1. The van der Waals surface area contributed by atoms with Gasteiger partial charge in [0.15, 0.2) is 5.11 Å². The second-order valence-corrected chi connectivity index (χ2v) is 9.51. The summed E-state index contributed by atoms with van der Waals surface area (Å²) >= 11 is 12.2. The Morgan fingerprint density at radius 3 is 2.66 bits per heavy atom. The number of rotatable bonds is 5. The molecule has 2 aliphatic heterocycles. The average molecular weight is 472 g/mol. The quantitative estimate of drug-likeness (QED) is 0.523. The van der Waals surface area contributed by atoms with Gasteiger partial charge in [-0.3, -0.25) is 9.69 Å². The van der Waals surface area contributed by atoms with Crippen molar-refractivity contribution in [2.75, 3.05) is 27.4 Å². The van der Waals surface area contributed by atoms with E-state index in [-0.39, 0.29) is 18.0 Å². The summed E-state index contributed by atoms with van der Waals surface area (Å²) in [4.78, 5) is 20.5. The summed E-state index contributed by atoms with van der Waals surface area (Å²) in [5.74, 6) is 1.12. The van der Waals surface area contributed by atoms with Crippen LogP contribution in [-0.2, 0) is 16.0 Å². The topological polar surface area (TPSA) is 57.8 Å². The van der Waals surface area contributed by atoms with Crippen LogP contribution >= 0.6 is 23.8 Å². The zero-order chi connectivity index (χ0) is 22.6. The number of benzene rings is 1. The van der Waals surface area contributed by atoms with Gasteiger partial charge in [-0.25, -0.2) is 0 Å². The number of fused-ring (bicyclic) bond motifs is 4. The zero-order valence-electron chi connectivity index (χ0n) is 18.4. The molecule has 1 aromatic carbocycles. The summed E-state index contributed by atoms with van der Waals surface area (Å²) in [5.41, 5.74) is 5.65. The van der Waals surface area contributed by atoms with E-state index in [9.17, 15) is 4.79 Å². The number of carbonyl (C=O) groups is 1. The van der Waals surface area contributed by atoms with E-state index < -0.39 is 0 Å². The van der Waals surface area contributed by atoms with Gasteiger partial charge in [-0.05, 0) is 48.0 Å². The number of aromatic amines is 1. The van der Waals surface area contributed by atoms with Crippen LogP contribution in [0.4, 0.5) is 0 Å². The number of likely N-dealkylation sites (N-methyl/N-ethyl adjacent to an activating group) is 1. The molecule has 32 heavy (non-hydrogen) atoms. The van der Waals surface area contributed by atoms with E-state index in [1.54, 1.807) is 19.1 Å². The van der Waals surface area contributed by atoms with Crippen LogP contribution in [-0.4, -0.2) is 59.2 Å². The van der Waals surface area contributed by atoms with E-state index >= 15 is 0 Å². The molecule has 1 amide bonds. The van der Waals surface area contributed by atoms with Gasteiger partial charge >= 0.3 is 0 Å². The van der Waals surface area contributed by atoms with E-state index in [4.69, 9.17) is 33.3 Å². The Hall–Kier alpha value is -2.35. The first-order valence-electron chi connectivity index (χ1n) is 10.8. The Morgan fingerprint density at radius 1 is 1.19 bits per heavy atom. The van der Waals surface area contributed by atoms with Crippen LogP contribution in [0.3, 0.4) is 0 Å². The number of carbonyl (C=O) groups excluding carboxylic acids is 1. The van der Waals surface area contributed by atoms with Crippen LogP contribution < -0.4 is 4.74 Å². The van der Waals surface area contributed by atoms with Crippen LogP contribution in [0.2, 0.25) is 0 Å². The van der Waals surface area contributed by atoms with E-state index in [0.29, 0.717) is 30.7 Å². The number of allylic oxidation sites excluding steroid dienone is 1. The number of methoxy groups -OCH3 is 1. The van der Waals surface area contributed by atoms with Gasteiger partial charge in [-0.2, -0.15) is 0 Å². The lowest BCUT2D eigenvalue weighted by Gasteiger charge is -2.37. The number of nitrogens with one attached hydrogen (secondary N) is 1. The van der Waals surface area contributed by atoms with Crippen molar-refractivity contribution in [3.63, 3.8) is 0 Å². The predicted molar refractivity (Wildman–Crippen MR) is 128 cm³/mol. The number of ether oxygens (including phenoxy) is 2. The van der Waals surface area contributed by atoms with Crippen LogP contribution in [0.25, 0.3) is 6.08 Å². The Morgan fingerprint density at radius 2 is 1.94 bits per heavy atom. The van der Waals surface area contributed by atoms with Crippen LogP contribution in [0.5, 0.6) is 5.75 Å². The van der Waals surface area contributed by atoms with Gasteiger partial charge in [-0.15, -0.1) is 0 Å². The molecule has 1 saturated heterocycles. The monoisotopic (exact) mass is 471 g/mol. The number of amides is 1. The molecule has 0 saturated carbocycles. The minimum Gasteiger partial charge on any atom is -0.491 e. The van der Waals surface area contributed by atoms with Gasteiger partial charge in [0, 0.05) is 48.5 Å². The first kappa shape index (κ1) is 21.5. The lowest BCUT2D eigenvalue weighted by molar-refractivity contribution is -0.127. The zero-order valence-corrected chi connectivity index (χ0v) is 19.9. The molecular weight excluding hydrogens is 446 g/mol. The molecule has 0 radical (unpaired) electrons. The largest absolute Gasteiger partial charge is 0.491 e. The van der Waals surface area contributed by atoms with Gasteiger partial charge < -0.3 is 19.4 Å². The molecule has 3 unspecified atom stereocenters. The minimum absolute atomic E-state index is 0.0408.